The lowest BCUT2D eigenvalue weighted by molar-refractivity contribution is -0.137. The van der Waals surface area contributed by atoms with Gasteiger partial charge < -0.3 is 5.73 Å². The van der Waals surface area contributed by atoms with Gasteiger partial charge in [-0.25, -0.2) is 9.37 Å². The van der Waals surface area contributed by atoms with E-state index in [-0.39, 0.29) is 5.69 Å². The number of rotatable bonds is 2. The predicted molar refractivity (Wildman–Crippen MR) is 64.2 cm³/mol. The number of aromatic nitrogens is 1. The number of nitrogens with zero attached hydrogens (tertiary/aromatic N) is 1. The highest BCUT2D eigenvalue weighted by molar-refractivity contribution is 7.99. The van der Waals surface area contributed by atoms with Crippen molar-refractivity contribution in [3.8, 4) is 0 Å². The van der Waals surface area contributed by atoms with Crippen molar-refractivity contribution in [2.75, 3.05) is 5.73 Å². The Bertz CT molecular complexity index is 561. The highest BCUT2D eigenvalue weighted by atomic mass is 32.2. The van der Waals surface area contributed by atoms with E-state index in [0.29, 0.717) is 9.92 Å². The molecule has 2 nitrogen and oxygen atoms in total. The molecule has 0 unspecified atom stereocenters. The number of hydrogen-bond acceptors (Lipinski definition) is 3. The highest BCUT2D eigenvalue weighted by Crippen LogP contribution is 2.32. The summed E-state index contributed by atoms with van der Waals surface area (Å²) in [5, 5.41) is 0.331. The van der Waals surface area contributed by atoms with Gasteiger partial charge in [0.15, 0.2) is 0 Å². The number of benzene rings is 1. The summed E-state index contributed by atoms with van der Waals surface area (Å²) in [6.07, 6.45) is -3.68. The molecule has 0 radical (unpaired) electrons. The van der Waals surface area contributed by atoms with E-state index < -0.39 is 17.6 Å². The molecule has 2 N–H and O–H groups in total. The van der Waals surface area contributed by atoms with Gasteiger partial charge in [-0.1, -0.05) is 11.8 Å². The van der Waals surface area contributed by atoms with E-state index in [1.807, 2.05) is 0 Å². The second-order valence-electron chi connectivity index (χ2n) is 3.71. The zero-order chi connectivity index (χ0) is 14.0. The largest absolute Gasteiger partial charge is 0.417 e. The van der Waals surface area contributed by atoms with Gasteiger partial charge in [0.1, 0.15) is 10.8 Å². The van der Waals surface area contributed by atoms with E-state index in [9.17, 15) is 17.6 Å². The van der Waals surface area contributed by atoms with Gasteiger partial charge in [-0.2, -0.15) is 13.2 Å². The summed E-state index contributed by atoms with van der Waals surface area (Å²) >= 11 is 1.04. The third-order valence-electron chi connectivity index (χ3n) is 2.18. The average molecular weight is 288 g/mol. The summed E-state index contributed by atoms with van der Waals surface area (Å²) < 4.78 is 50.1. The summed E-state index contributed by atoms with van der Waals surface area (Å²) in [4.78, 5) is 4.16. The van der Waals surface area contributed by atoms with E-state index in [2.05, 4.69) is 4.98 Å². The minimum absolute atomic E-state index is 0.245. The molecule has 2 rings (SSSR count). The lowest BCUT2D eigenvalue weighted by Crippen LogP contribution is -2.05. The van der Waals surface area contributed by atoms with E-state index in [0.717, 1.165) is 30.1 Å². The lowest BCUT2D eigenvalue weighted by Gasteiger charge is -2.07. The van der Waals surface area contributed by atoms with Crippen molar-refractivity contribution >= 4 is 17.4 Å². The van der Waals surface area contributed by atoms with Crippen LogP contribution in [-0.4, -0.2) is 4.98 Å². The first-order chi connectivity index (χ1) is 8.84. The fraction of sp³-hybridized carbons (Fsp3) is 0.0833. The molecule has 0 fully saturated rings. The summed E-state index contributed by atoms with van der Waals surface area (Å²) in [7, 11) is 0. The summed E-state index contributed by atoms with van der Waals surface area (Å²) in [6, 6.07) is 6.07. The number of alkyl halides is 3. The van der Waals surface area contributed by atoms with Crippen LogP contribution in [0.15, 0.2) is 46.5 Å². The minimum atomic E-state index is -4.42. The Morgan fingerprint density at radius 3 is 2.37 bits per heavy atom. The molecule has 0 aliphatic rings. The maximum Gasteiger partial charge on any atom is 0.417 e. The second-order valence-corrected chi connectivity index (χ2v) is 4.80. The van der Waals surface area contributed by atoms with Gasteiger partial charge >= 0.3 is 6.18 Å². The van der Waals surface area contributed by atoms with Gasteiger partial charge in [0.25, 0.3) is 0 Å². The van der Waals surface area contributed by atoms with E-state index >= 15 is 0 Å². The van der Waals surface area contributed by atoms with Gasteiger partial charge in [-0.05, 0) is 30.3 Å². The van der Waals surface area contributed by atoms with Gasteiger partial charge in [-0.15, -0.1) is 0 Å². The smallest absolute Gasteiger partial charge is 0.399 e. The highest BCUT2D eigenvalue weighted by Gasteiger charge is 2.30. The minimum Gasteiger partial charge on any atom is -0.399 e. The van der Waals surface area contributed by atoms with E-state index in [1.54, 1.807) is 0 Å². The molecule has 0 spiro atoms. The van der Waals surface area contributed by atoms with E-state index in [1.165, 1.54) is 18.2 Å². The standard InChI is InChI=1S/C12H8F4N2S/c13-8-3-9(17)5-10(4-8)19-11-2-1-7(6-18-11)12(14,15)16/h1-6H,17H2. The van der Waals surface area contributed by atoms with Gasteiger partial charge in [0.2, 0.25) is 0 Å². The first-order valence-electron chi connectivity index (χ1n) is 5.12. The lowest BCUT2D eigenvalue weighted by atomic mass is 10.3. The number of nitrogen functional groups attached to an aromatic ring is 1. The number of anilines is 1. The maximum atomic E-state index is 13.1. The molecule has 1 heterocycles. The molecule has 0 atom stereocenters. The first kappa shape index (κ1) is 13.7. The van der Waals surface area contributed by atoms with Crippen LogP contribution in [0.4, 0.5) is 23.2 Å². The number of pyridine rings is 1. The zero-order valence-corrected chi connectivity index (χ0v) is 10.2. The number of hydrogen-bond donors (Lipinski definition) is 1. The van der Waals surface area contributed by atoms with Crippen molar-refractivity contribution < 1.29 is 17.6 Å². The third-order valence-corrected chi connectivity index (χ3v) is 3.10. The van der Waals surface area contributed by atoms with Crippen molar-refractivity contribution in [2.24, 2.45) is 0 Å². The van der Waals surface area contributed by atoms with Gasteiger partial charge in [0.05, 0.1) is 5.56 Å². The average Bonchev–Trinajstić information content (AvgIpc) is 2.26. The number of halogens is 4. The van der Waals surface area contributed by atoms with Crippen LogP contribution < -0.4 is 5.73 Å². The van der Waals surface area contributed by atoms with E-state index in [4.69, 9.17) is 5.73 Å². The Hall–Kier alpha value is -1.76. The molecule has 0 saturated heterocycles. The molecule has 7 heteroatoms. The Morgan fingerprint density at radius 1 is 1.11 bits per heavy atom. The summed E-state index contributed by atoms with van der Waals surface area (Å²) in [5.41, 5.74) is 4.89. The second kappa shape index (κ2) is 5.08. The molecule has 1 aromatic heterocycles. The normalized spacial score (nSPS) is 11.6. The monoisotopic (exact) mass is 288 g/mol. The van der Waals surface area contributed by atoms with Crippen LogP contribution in [0.5, 0.6) is 0 Å². The van der Waals surface area contributed by atoms with Crippen LogP contribution in [0.25, 0.3) is 0 Å². The fourth-order valence-corrected chi connectivity index (χ4v) is 2.22. The molecule has 0 aliphatic heterocycles. The molecule has 19 heavy (non-hydrogen) atoms. The van der Waals surface area contributed by atoms with Crippen LogP contribution in [0.3, 0.4) is 0 Å². The molecule has 0 bridgehead atoms. The fourth-order valence-electron chi connectivity index (χ4n) is 1.37. The molecular weight excluding hydrogens is 280 g/mol. The van der Waals surface area contributed by atoms with Crippen molar-refractivity contribution in [3.05, 3.63) is 47.9 Å². The van der Waals surface area contributed by atoms with Crippen LogP contribution in [0.1, 0.15) is 5.56 Å². The van der Waals surface area contributed by atoms with Crippen molar-refractivity contribution in [3.63, 3.8) is 0 Å². The van der Waals surface area contributed by atoms with Crippen molar-refractivity contribution in [1.29, 1.82) is 0 Å². The summed E-state index contributed by atoms with van der Waals surface area (Å²) in [6.45, 7) is 0. The van der Waals surface area contributed by atoms with Crippen LogP contribution in [-0.2, 0) is 6.18 Å². The number of nitrogens with two attached hydrogens (primary N) is 1. The maximum absolute atomic E-state index is 13.1. The predicted octanol–water partition coefficient (Wildman–Crippen LogP) is 3.97. The van der Waals surface area contributed by atoms with Crippen LogP contribution in [0, 0.1) is 5.82 Å². The molecule has 100 valence electrons. The Kier molecular flexibility index (Phi) is 3.66. The topological polar surface area (TPSA) is 38.9 Å². The van der Waals surface area contributed by atoms with Gasteiger partial charge in [-0.3, -0.25) is 0 Å². The van der Waals surface area contributed by atoms with Crippen LogP contribution >= 0.6 is 11.8 Å². The summed E-state index contributed by atoms with van der Waals surface area (Å²) in [5.74, 6) is -0.505. The zero-order valence-electron chi connectivity index (χ0n) is 9.41. The van der Waals surface area contributed by atoms with Gasteiger partial charge in [0, 0.05) is 16.8 Å². The Morgan fingerprint density at radius 2 is 1.84 bits per heavy atom. The SMILES string of the molecule is Nc1cc(F)cc(Sc2ccc(C(F)(F)F)cn2)c1. The molecule has 0 amide bonds. The molecule has 0 saturated carbocycles. The van der Waals surface area contributed by atoms with Crippen LogP contribution in [0.2, 0.25) is 0 Å². The van der Waals surface area contributed by atoms with Crippen molar-refractivity contribution in [2.45, 2.75) is 16.1 Å². The Balaban J connectivity index is 2.20. The Labute approximate surface area is 110 Å². The first-order valence-corrected chi connectivity index (χ1v) is 5.93. The molecule has 0 aliphatic carbocycles. The molecule has 2 aromatic rings. The quantitative estimate of drug-likeness (QED) is 0.671. The third kappa shape index (κ3) is 3.60. The molecular formula is C12H8F4N2S. The molecule has 1 aromatic carbocycles. The van der Waals surface area contributed by atoms with Crippen molar-refractivity contribution in [1.82, 2.24) is 4.98 Å².